The van der Waals surface area contributed by atoms with E-state index in [4.69, 9.17) is 14.2 Å². The number of methoxy groups -OCH3 is 2. The fourth-order valence-electron chi connectivity index (χ4n) is 3.80. The first kappa shape index (κ1) is 17.0. The molecule has 2 aliphatic heterocycles. The van der Waals surface area contributed by atoms with Gasteiger partial charge in [0.05, 0.1) is 36.8 Å². The summed E-state index contributed by atoms with van der Waals surface area (Å²) < 4.78 is 16.5. The van der Waals surface area contributed by atoms with Crippen LogP contribution in [0, 0.1) is 6.92 Å². The van der Waals surface area contributed by atoms with E-state index in [0.717, 1.165) is 50.3 Å². The lowest BCUT2D eigenvalue weighted by atomic mass is 10.00. The number of rotatable bonds is 4. The number of hydrogen-bond acceptors (Lipinski definition) is 8. The van der Waals surface area contributed by atoms with Crippen LogP contribution in [0.25, 0.3) is 11.3 Å². The molecule has 8 nitrogen and oxygen atoms in total. The first-order valence-corrected chi connectivity index (χ1v) is 8.83. The Balaban J connectivity index is 1.67. The minimum atomic E-state index is 0.0107. The molecular weight excluding hydrogens is 334 g/mol. The standard InChI is InChI=1S/C18H23N5O3/c1-12-15(23-7-6-18(11-23)5-4-8-26-18)9-14(22-21-12)13-10-19-17(25-3)20-16(13)24-2/h9-10H,4-8,11H2,1-3H3. The summed E-state index contributed by atoms with van der Waals surface area (Å²) in [5, 5.41) is 8.68. The van der Waals surface area contributed by atoms with Crippen LogP contribution in [-0.2, 0) is 4.74 Å². The molecular formula is C18H23N5O3. The van der Waals surface area contributed by atoms with Gasteiger partial charge in [-0.3, -0.25) is 0 Å². The molecule has 138 valence electrons. The van der Waals surface area contributed by atoms with Crippen molar-refractivity contribution in [1.29, 1.82) is 0 Å². The molecule has 1 atom stereocenters. The molecule has 2 saturated heterocycles. The molecule has 8 heteroatoms. The van der Waals surface area contributed by atoms with Crippen molar-refractivity contribution in [1.82, 2.24) is 20.2 Å². The van der Waals surface area contributed by atoms with Gasteiger partial charge in [0, 0.05) is 25.9 Å². The van der Waals surface area contributed by atoms with Gasteiger partial charge in [0.25, 0.3) is 0 Å². The second-order valence-electron chi connectivity index (χ2n) is 6.79. The summed E-state index contributed by atoms with van der Waals surface area (Å²) in [6, 6.07) is 2.29. The van der Waals surface area contributed by atoms with Crippen LogP contribution in [0.5, 0.6) is 11.9 Å². The zero-order valence-corrected chi connectivity index (χ0v) is 15.4. The SMILES string of the molecule is COc1ncc(-c2cc(N3CCC4(CCCO4)C3)c(C)nn2)c(OC)n1. The van der Waals surface area contributed by atoms with Crippen LogP contribution >= 0.6 is 0 Å². The monoisotopic (exact) mass is 357 g/mol. The largest absolute Gasteiger partial charge is 0.480 e. The molecule has 2 aromatic heterocycles. The zero-order chi connectivity index (χ0) is 18.1. The number of ether oxygens (including phenoxy) is 3. The van der Waals surface area contributed by atoms with E-state index in [2.05, 4.69) is 25.1 Å². The average Bonchev–Trinajstić information content (AvgIpc) is 3.31. The van der Waals surface area contributed by atoms with Gasteiger partial charge in [-0.2, -0.15) is 10.1 Å². The Morgan fingerprint density at radius 2 is 2.08 bits per heavy atom. The van der Waals surface area contributed by atoms with Crippen LogP contribution in [-0.4, -0.2) is 59.7 Å². The minimum absolute atomic E-state index is 0.0107. The summed E-state index contributed by atoms with van der Waals surface area (Å²) in [5.41, 5.74) is 3.35. The van der Waals surface area contributed by atoms with Gasteiger partial charge < -0.3 is 19.1 Å². The second-order valence-corrected chi connectivity index (χ2v) is 6.79. The summed E-state index contributed by atoms with van der Waals surface area (Å²) in [4.78, 5) is 10.8. The molecule has 1 spiro atoms. The lowest BCUT2D eigenvalue weighted by Crippen LogP contribution is -2.32. The van der Waals surface area contributed by atoms with Gasteiger partial charge in [-0.05, 0) is 32.3 Å². The molecule has 26 heavy (non-hydrogen) atoms. The van der Waals surface area contributed by atoms with Crippen molar-refractivity contribution in [2.75, 3.05) is 38.8 Å². The molecule has 4 heterocycles. The Hall–Kier alpha value is -2.48. The third kappa shape index (κ3) is 2.94. The molecule has 4 rings (SSSR count). The van der Waals surface area contributed by atoms with Gasteiger partial charge in [-0.1, -0.05) is 0 Å². The predicted molar refractivity (Wildman–Crippen MR) is 95.6 cm³/mol. The van der Waals surface area contributed by atoms with Gasteiger partial charge in [-0.25, -0.2) is 4.98 Å². The molecule has 0 aliphatic carbocycles. The van der Waals surface area contributed by atoms with E-state index in [1.54, 1.807) is 13.3 Å². The molecule has 0 saturated carbocycles. The van der Waals surface area contributed by atoms with Crippen LogP contribution in [0.2, 0.25) is 0 Å². The molecule has 1 unspecified atom stereocenters. The van der Waals surface area contributed by atoms with Crippen molar-refractivity contribution in [2.24, 2.45) is 0 Å². The van der Waals surface area contributed by atoms with Crippen molar-refractivity contribution in [3.05, 3.63) is 18.0 Å². The normalized spacial score (nSPS) is 22.2. The van der Waals surface area contributed by atoms with E-state index >= 15 is 0 Å². The Morgan fingerprint density at radius 3 is 2.81 bits per heavy atom. The molecule has 0 bridgehead atoms. The van der Waals surface area contributed by atoms with E-state index in [0.29, 0.717) is 17.1 Å². The zero-order valence-electron chi connectivity index (χ0n) is 15.4. The smallest absolute Gasteiger partial charge is 0.319 e. The van der Waals surface area contributed by atoms with Crippen LogP contribution in [0.1, 0.15) is 25.0 Å². The van der Waals surface area contributed by atoms with E-state index in [-0.39, 0.29) is 11.6 Å². The first-order chi connectivity index (χ1) is 12.6. The maximum Gasteiger partial charge on any atom is 0.319 e. The van der Waals surface area contributed by atoms with Crippen LogP contribution < -0.4 is 14.4 Å². The summed E-state index contributed by atoms with van der Waals surface area (Å²) in [5.74, 6) is 0.415. The molecule has 0 radical (unpaired) electrons. The number of aromatic nitrogens is 4. The third-order valence-electron chi connectivity index (χ3n) is 5.18. The van der Waals surface area contributed by atoms with Gasteiger partial charge in [0.15, 0.2) is 0 Å². The summed E-state index contributed by atoms with van der Waals surface area (Å²) in [6.07, 6.45) is 4.99. The van der Waals surface area contributed by atoms with Crippen LogP contribution in [0.15, 0.2) is 12.3 Å². The summed E-state index contributed by atoms with van der Waals surface area (Å²) >= 11 is 0. The lowest BCUT2D eigenvalue weighted by molar-refractivity contribution is 0.0231. The van der Waals surface area contributed by atoms with Crippen molar-refractivity contribution < 1.29 is 14.2 Å². The molecule has 0 amide bonds. The predicted octanol–water partition coefficient (Wildman–Crippen LogP) is 2.02. The fourth-order valence-corrected chi connectivity index (χ4v) is 3.80. The van der Waals surface area contributed by atoms with E-state index in [1.807, 2.05) is 13.0 Å². The average molecular weight is 357 g/mol. The minimum Gasteiger partial charge on any atom is -0.480 e. The highest BCUT2D eigenvalue weighted by Gasteiger charge is 2.42. The molecule has 0 aromatic carbocycles. The Bertz CT molecular complexity index is 807. The van der Waals surface area contributed by atoms with Gasteiger partial charge in [-0.15, -0.1) is 5.10 Å². The second kappa shape index (κ2) is 6.68. The highest BCUT2D eigenvalue weighted by molar-refractivity contribution is 5.69. The van der Waals surface area contributed by atoms with Crippen LogP contribution in [0.4, 0.5) is 5.69 Å². The lowest BCUT2D eigenvalue weighted by Gasteiger charge is -2.25. The highest BCUT2D eigenvalue weighted by Crippen LogP contribution is 2.38. The highest BCUT2D eigenvalue weighted by atomic mass is 16.5. The van der Waals surface area contributed by atoms with Crippen molar-refractivity contribution in [3.8, 4) is 23.1 Å². The molecule has 2 fully saturated rings. The van der Waals surface area contributed by atoms with Crippen LogP contribution in [0.3, 0.4) is 0 Å². The van der Waals surface area contributed by atoms with Gasteiger partial charge in [0.2, 0.25) is 5.88 Å². The van der Waals surface area contributed by atoms with Crippen molar-refractivity contribution >= 4 is 5.69 Å². The maximum absolute atomic E-state index is 6.04. The van der Waals surface area contributed by atoms with E-state index in [1.165, 1.54) is 7.11 Å². The quantitative estimate of drug-likeness (QED) is 0.822. The van der Waals surface area contributed by atoms with E-state index in [9.17, 15) is 0 Å². The topological polar surface area (TPSA) is 82.5 Å². The fraction of sp³-hybridized carbons (Fsp3) is 0.556. The van der Waals surface area contributed by atoms with Gasteiger partial charge >= 0.3 is 6.01 Å². The first-order valence-electron chi connectivity index (χ1n) is 8.83. The summed E-state index contributed by atoms with van der Waals surface area (Å²) in [6.45, 7) is 4.71. The Labute approximate surface area is 152 Å². The molecule has 0 N–H and O–H groups in total. The van der Waals surface area contributed by atoms with E-state index < -0.39 is 0 Å². The number of nitrogens with zero attached hydrogens (tertiary/aromatic N) is 5. The number of anilines is 1. The maximum atomic E-state index is 6.04. The summed E-state index contributed by atoms with van der Waals surface area (Å²) in [7, 11) is 3.09. The number of aryl methyl sites for hydroxylation is 1. The third-order valence-corrected chi connectivity index (χ3v) is 5.18. The Kier molecular flexibility index (Phi) is 4.36. The van der Waals surface area contributed by atoms with Crippen molar-refractivity contribution in [2.45, 2.75) is 31.8 Å². The van der Waals surface area contributed by atoms with Crippen molar-refractivity contribution in [3.63, 3.8) is 0 Å². The Morgan fingerprint density at radius 1 is 1.19 bits per heavy atom. The van der Waals surface area contributed by atoms with Gasteiger partial charge in [0.1, 0.15) is 5.69 Å². The molecule has 2 aromatic rings. The molecule has 2 aliphatic rings. The number of hydrogen-bond donors (Lipinski definition) is 0.